The average molecular weight is 448 g/mol. The molecule has 1 amide bonds. The Morgan fingerprint density at radius 1 is 1.10 bits per heavy atom. The highest BCUT2D eigenvalue weighted by molar-refractivity contribution is 7.89. The normalized spacial score (nSPS) is 12.7. The van der Waals surface area contributed by atoms with E-state index >= 15 is 0 Å². The number of aryl methyl sites for hydroxylation is 1. The lowest BCUT2D eigenvalue weighted by Gasteiger charge is -2.30. The molecule has 0 fully saturated rings. The van der Waals surface area contributed by atoms with Gasteiger partial charge < -0.3 is 10.1 Å². The zero-order valence-electron chi connectivity index (χ0n) is 19.0. The Morgan fingerprint density at radius 3 is 2.32 bits per heavy atom. The molecule has 0 aliphatic rings. The Kier molecular flexibility index (Phi) is 9.03. The third kappa shape index (κ3) is 6.53. The number of methoxy groups -OCH3 is 1. The van der Waals surface area contributed by atoms with Crippen LogP contribution in [-0.4, -0.2) is 63.9 Å². The molecule has 0 bridgehead atoms. The lowest BCUT2D eigenvalue weighted by atomic mass is 10.0. The second-order valence-corrected chi connectivity index (χ2v) is 9.44. The summed E-state index contributed by atoms with van der Waals surface area (Å²) in [4.78, 5) is 15.0. The van der Waals surface area contributed by atoms with E-state index in [1.165, 1.54) is 7.05 Å². The van der Waals surface area contributed by atoms with Gasteiger partial charge in [0.05, 0.1) is 24.6 Å². The molecular weight excluding hydrogens is 414 g/mol. The van der Waals surface area contributed by atoms with Gasteiger partial charge in [-0.2, -0.15) is 4.31 Å². The molecule has 0 heterocycles. The van der Waals surface area contributed by atoms with E-state index in [0.29, 0.717) is 6.54 Å². The number of nitrogens with zero attached hydrogens (tertiary/aromatic N) is 2. The maximum absolute atomic E-state index is 12.7. The Hall–Kier alpha value is -2.42. The highest BCUT2D eigenvalue weighted by Crippen LogP contribution is 2.24. The van der Waals surface area contributed by atoms with E-state index in [-0.39, 0.29) is 23.4 Å². The fraction of sp³-hybridized carbons (Fsp3) is 0.435. The van der Waals surface area contributed by atoms with Crippen LogP contribution in [0, 0.1) is 6.92 Å². The number of likely N-dealkylation sites (N-methyl/N-ethyl adjacent to an activating group) is 2. The number of ether oxygens (including phenoxy) is 1. The summed E-state index contributed by atoms with van der Waals surface area (Å²) in [6, 6.07) is 14.3. The van der Waals surface area contributed by atoms with Crippen LogP contribution in [0.4, 0.5) is 0 Å². The van der Waals surface area contributed by atoms with Crippen molar-refractivity contribution in [3.05, 3.63) is 59.7 Å². The average Bonchev–Trinajstić information content (AvgIpc) is 2.76. The fourth-order valence-electron chi connectivity index (χ4n) is 3.41. The molecule has 2 aromatic rings. The zero-order chi connectivity index (χ0) is 23.0. The molecule has 1 N–H and O–H groups in total. The Bertz CT molecular complexity index is 957. The quantitative estimate of drug-likeness (QED) is 0.573. The van der Waals surface area contributed by atoms with E-state index in [0.717, 1.165) is 34.3 Å². The summed E-state index contributed by atoms with van der Waals surface area (Å²) in [7, 11) is -0.693. The van der Waals surface area contributed by atoms with E-state index in [1.807, 2.05) is 31.2 Å². The van der Waals surface area contributed by atoms with E-state index in [9.17, 15) is 13.2 Å². The first-order chi connectivity index (χ1) is 14.7. The molecule has 1 unspecified atom stereocenters. The van der Waals surface area contributed by atoms with Crippen LogP contribution in [0.25, 0.3) is 0 Å². The summed E-state index contributed by atoms with van der Waals surface area (Å²) in [5.74, 6) is 0.406. The summed E-state index contributed by atoms with van der Waals surface area (Å²) in [6.07, 6.45) is 0. The number of hydrogen-bond acceptors (Lipinski definition) is 5. The van der Waals surface area contributed by atoms with Crippen LogP contribution >= 0.6 is 0 Å². The van der Waals surface area contributed by atoms with Crippen molar-refractivity contribution in [2.24, 2.45) is 0 Å². The summed E-state index contributed by atoms with van der Waals surface area (Å²) in [5.41, 5.74) is 2.00. The molecule has 0 aliphatic heterocycles. The molecule has 31 heavy (non-hydrogen) atoms. The lowest BCUT2D eigenvalue weighted by molar-refractivity contribution is -0.121. The highest BCUT2D eigenvalue weighted by atomic mass is 32.2. The number of carbonyl (C=O) groups is 1. The maximum Gasteiger partial charge on any atom is 0.243 e. The molecule has 0 saturated carbocycles. The van der Waals surface area contributed by atoms with Crippen LogP contribution in [-0.2, 0) is 14.8 Å². The molecular formula is C23H33N3O4S. The second kappa shape index (κ2) is 11.3. The van der Waals surface area contributed by atoms with Gasteiger partial charge in [0.2, 0.25) is 15.9 Å². The molecule has 0 saturated heterocycles. The van der Waals surface area contributed by atoms with Gasteiger partial charge in [0.1, 0.15) is 5.75 Å². The monoisotopic (exact) mass is 447 g/mol. The number of benzene rings is 2. The van der Waals surface area contributed by atoms with Gasteiger partial charge in [0.25, 0.3) is 0 Å². The van der Waals surface area contributed by atoms with Crippen molar-refractivity contribution in [2.45, 2.75) is 31.7 Å². The molecule has 0 spiro atoms. The predicted molar refractivity (Wildman–Crippen MR) is 123 cm³/mol. The predicted octanol–water partition coefficient (Wildman–Crippen LogP) is 2.82. The molecule has 0 aromatic heterocycles. The van der Waals surface area contributed by atoms with Gasteiger partial charge in [-0.1, -0.05) is 43.7 Å². The van der Waals surface area contributed by atoms with Gasteiger partial charge in [-0.3, -0.25) is 9.69 Å². The molecule has 2 rings (SSSR count). The molecule has 0 aliphatic carbocycles. The summed E-state index contributed by atoms with van der Waals surface area (Å²) < 4.78 is 31.9. The van der Waals surface area contributed by atoms with Crippen molar-refractivity contribution in [3.8, 4) is 5.75 Å². The number of rotatable bonds is 11. The first-order valence-electron chi connectivity index (χ1n) is 10.4. The Labute approximate surface area is 186 Å². The van der Waals surface area contributed by atoms with Crippen molar-refractivity contribution >= 4 is 15.9 Å². The molecule has 7 nitrogen and oxygen atoms in total. The topological polar surface area (TPSA) is 79.0 Å². The Morgan fingerprint density at radius 2 is 1.74 bits per heavy atom. The Balaban J connectivity index is 2.08. The number of sulfonamides is 1. The van der Waals surface area contributed by atoms with E-state index in [2.05, 4.69) is 24.1 Å². The van der Waals surface area contributed by atoms with E-state index in [1.54, 1.807) is 31.4 Å². The van der Waals surface area contributed by atoms with Crippen LogP contribution < -0.4 is 10.1 Å². The second-order valence-electron chi connectivity index (χ2n) is 7.39. The molecule has 2 aromatic carbocycles. The van der Waals surface area contributed by atoms with Crippen LogP contribution in [0.2, 0.25) is 0 Å². The number of hydrogen-bond donors (Lipinski definition) is 1. The van der Waals surface area contributed by atoms with Gasteiger partial charge in [0.15, 0.2) is 0 Å². The summed E-state index contributed by atoms with van der Waals surface area (Å²) in [6.45, 7) is 7.78. The molecule has 0 radical (unpaired) electrons. The molecule has 1 atom stereocenters. The summed E-state index contributed by atoms with van der Waals surface area (Å²) in [5, 5.41) is 2.90. The van der Waals surface area contributed by atoms with Crippen LogP contribution in [0.1, 0.15) is 31.0 Å². The zero-order valence-corrected chi connectivity index (χ0v) is 19.8. The minimum Gasteiger partial charge on any atom is -0.497 e. The third-order valence-electron chi connectivity index (χ3n) is 5.32. The van der Waals surface area contributed by atoms with E-state index < -0.39 is 10.0 Å². The van der Waals surface area contributed by atoms with Gasteiger partial charge in [-0.15, -0.1) is 0 Å². The van der Waals surface area contributed by atoms with Gasteiger partial charge in [0, 0.05) is 13.6 Å². The highest BCUT2D eigenvalue weighted by Gasteiger charge is 2.24. The molecule has 170 valence electrons. The first-order valence-corrected chi connectivity index (χ1v) is 11.8. The maximum atomic E-state index is 12.7. The van der Waals surface area contributed by atoms with E-state index in [4.69, 9.17) is 4.74 Å². The van der Waals surface area contributed by atoms with Gasteiger partial charge >= 0.3 is 0 Å². The largest absolute Gasteiger partial charge is 0.497 e. The summed E-state index contributed by atoms with van der Waals surface area (Å²) >= 11 is 0. The van der Waals surface area contributed by atoms with Crippen molar-refractivity contribution in [2.75, 3.05) is 40.3 Å². The SMILES string of the molecule is CCN(CC)C(CNC(=O)CN(C)S(=O)(=O)c1ccc(C)cc1)c1cccc(OC)c1. The standard InChI is InChI=1S/C23H33N3O4S/c1-6-26(7-2)22(19-9-8-10-20(15-19)30-5)16-24-23(27)17-25(4)31(28,29)21-13-11-18(3)12-14-21/h8-15,22H,6-7,16-17H2,1-5H3,(H,24,27). The van der Waals surface area contributed by atoms with Crippen molar-refractivity contribution in [1.82, 2.24) is 14.5 Å². The van der Waals surface area contributed by atoms with Crippen molar-refractivity contribution in [3.63, 3.8) is 0 Å². The smallest absolute Gasteiger partial charge is 0.243 e. The first kappa shape index (κ1) is 24.8. The lowest BCUT2D eigenvalue weighted by Crippen LogP contribution is -2.42. The van der Waals surface area contributed by atoms with Gasteiger partial charge in [-0.05, 0) is 49.8 Å². The minimum atomic E-state index is -3.73. The number of carbonyl (C=O) groups excluding carboxylic acids is 1. The van der Waals surface area contributed by atoms with Gasteiger partial charge in [-0.25, -0.2) is 8.42 Å². The molecule has 8 heteroatoms. The van der Waals surface area contributed by atoms with Crippen molar-refractivity contribution in [1.29, 1.82) is 0 Å². The number of nitrogens with one attached hydrogen (secondary N) is 1. The van der Waals surface area contributed by atoms with Crippen LogP contribution in [0.3, 0.4) is 0 Å². The van der Waals surface area contributed by atoms with Crippen molar-refractivity contribution < 1.29 is 17.9 Å². The van der Waals surface area contributed by atoms with Crippen LogP contribution in [0.5, 0.6) is 5.75 Å². The minimum absolute atomic E-state index is 0.0481. The fourth-order valence-corrected chi connectivity index (χ4v) is 4.54. The number of amides is 1. The van der Waals surface area contributed by atoms with Crippen LogP contribution in [0.15, 0.2) is 53.4 Å². The third-order valence-corrected chi connectivity index (χ3v) is 7.14.